The molecule has 0 fully saturated rings. The van der Waals surface area contributed by atoms with Gasteiger partial charge in [-0.1, -0.05) is 0 Å². The lowest BCUT2D eigenvalue weighted by atomic mass is 10.4. The second-order valence-corrected chi connectivity index (χ2v) is 1.51. The fourth-order valence-electron chi connectivity index (χ4n) is 0.431. The lowest BCUT2D eigenvalue weighted by Crippen LogP contribution is -1.94. The summed E-state index contributed by atoms with van der Waals surface area (Å²) in [4.78, 5) is 3.01. The summed E-state index contributed by atoms with van der Waals surface area (Å²) in [7, 11) is 0. The summed E-state index contributed by atoms with van der Waals surface area (Å²) >= 11 is 0. The molecule has 0 saturated heterocycles. The van der Waals surface area contributed by atoms with Gasteiger partial charge in [0.2, 0.25) is 0 Å². The number of rotatable bonds is 0. The van der Waals surface area contributed by atoms with Crippen LogP contribution in [0.15, 0.2) is 12.1 Å². The predicted octanol–water partition coefficient (Wildman–Crippen LogP) is 0.942. The van der Waals surface area contributed by atoms with E-state index in [4.69, 9.17) is 5.73 Å². The van der Waals surface area contributed by atoms with E-state index in [0.717, 1.165) is 6.07 Å². The third kappa shape index (κ3) is 1.13. The minimum Gasteiger partial charge on any atom is -0.384 e. The number of nitrogens with two attached hydrogens (primary N) is 1. The molecule has 2 nitrogen and oxygen atoms in total. The van der Waals surface area contributed by atoms with Gasteiger partial charge in [0.25, 0.3) is 5.95 Å². The SMILES string of the molecule is Nc1ccc(F)c(F)n1. The van der Waals surface area contributed by atoms with E-state index in [1.54, 1.807) is 0 Å². The first-order valence-corrected chi connectivity index (χ1v) is 2.27. The molecular weight excluding hydrogens is 126 g/mol. The molecule has 9 heavy (non-hydrogen) atoms. The Labute approximate surface area is 50.3 Å². The fourth-order valence-corrected chi connectivity index (χ4v) is 0.431. The van der Waals surface area contributed by atoms with Crippen molar-refractivity contribution in [2.45, 2.75) is 0 Å². The van der Waals surface area contributed by atoms with Gasteiger partial charge >= 0.3 is 0 Å². The van der Waals surface area contributed by atoms with Crippen LogP contribution in [0.4, 0.5) is 14.6 Å². The van der Waals surface area contributed by atoms with Crippen LogP contribution in [0.5, 0.6) is 0 Å². The molecule has 1 rings (SSSR count). The minimum absolute atomic E-state index is 0.0195. The van der Waals surface area contributed by atoms with Gasteiger partial charge < -0.3 is 5.73 Å². The summed E-state index contributed by atoms with van der Waals surface area (Å²) in [5.41, 5.74) is 5.01. The second-order valence-electron chi connectivity index (χ2n) is 1.51. The van der Waals surface area contributed by atoms with Crippen molar-refractivity contribution in [3.8, 4) is 0 Å². The first-order chi connectivity index (χ1) is 4.20. The van der Waals surface area contributed by atoms with Crippen LogP contribution < -0.4 is 5.73 Å². The number of anilines is 1. The molecule has 48 valence electrons. The van der Waals surface area contributed by atoms with Crippen molar-refractivity contribution in [1.29, 1.82) is 0 Å². The van der Waals surface area contributed by atoms with E-state index >= 15 is 0 Å². The van der Waals surface area contributed by atoms with Gasteiger partial charge in [0.05, 0.1) is 0 Å². The summed E-state index contributed by atoms with van der Waals surface area (Å²) < 4.78 is 24.0. The third-order valence-corrected chi connectivity index (χ3v) is 0.825. The molecule has 0 aliphatic carbocycles. The van der Waals surface area contributed by atoms with Gasteiger partial charge in [0.15, 0.2) is 5.82 Å². The molecule has 1 aromatic rings. The summed E-state index contributed by atoms with van der Waals surface area (Å²) in [6.45, 7) is 0. The Morgan fingerprint density at radius 3 is 2.44 bits per heavy atom. The minimum atomic E-state index is -1.16. The highest BCUT2D eigenvalue weighted by Gasteiger charge is 1.99. The van der Waals surface area contributed by atoms with E-state index in [1.165, 1.54) is 6.07 Å². The standard InChI is InChI=1S/C5H4F2N2/c6-3-1-2-4(8)9-5(3)7/h1-2H,(H2,8,9). The van der Waals surface area contributed by atoms with Crippen LogP contribution in [0.1, 0.15) is 0 Å². The zero-order valence-corrected chi connectivity index (χ0v) is 4.44. The molecule has 0 atom stereocenters. The Bertz CT molecular complexity index is 224. The molecule has 4 heteroatoms. The summed E-state index contributed by atoms with van der Waals surface area (Å²) in [5.74, 6) is -2.16. The van der Waals surface area contributed by atoms with Crippen LogP contribution in [0, 0.1) is 11.8 Å². The number of pyridine rings is 1. The van der Waals surface area contributed by atoms with E-state index in [9.17, 15) is 8.78 Å². The van der Waals surface area contributed by atoms with Crippen LogP contribution in [0.2, 0.25) is 0 Å². The number of nitrogens with zero attached hydrogens (tertiary/aromatic N) is 1. The van der Waals surface area contributed by atoms with Crippen LogP contribution in [0.25, 0.3) is 0 Å². The van der Waals surface area contributed by atoms with E-state index in [-0.39, 0.29) is 5.82 Å². The lowest BCUT2D eigenvalue weighted by molar-refractivity contribution is 0.481. The van der Waals surface area contributed by atoms with Crippen LogP contribution in [-0.2, 0) is 0 Å². The molecular formula is C5H4F2N2. The zero-order valence-electron chi connectivity index (χ0n) is 4.44. The van der Waals surface area contributed by atoms with E-state index < -0.39 is 11.8 Å². The van der Waals surface area contributed by atoms with Crippen molar-refractivity contribution in [3.05, 3.63) is 23.9 Å². The highest BCUT2D eigenvalue weighted by atomic mass is 19.2. The highest BCUT2D eigenvalue weighted by Crippen LogP contribution is 2.03. The molecule has 0 aliphatic rings. The monoisotopic (exact) mass is 130 g/mol. The lowest BCUT2D eigenvalue weighted by Gasteiger charge is -1.90. The van der Waals surface area contributed by atoms with Crippen molar-refractivity contribution in [2.24, 2.45) is 0 Å². The van der Waals surface area contributed by atoms with Crippen LogP contribution in [-0.4, -0.2) is 4.98 Å². The molecule has 2 N–H and O–H groups in total. The molecule has 1 aromatic heterocycles. The first kappa shape index (κ1) is 5.94. The fraction of sp³-hybridized carbons (Fsp3) is 0. The third-order valence-electron chi connectivity index (χ3n) is 0.825. The summed E-state index contributed by atoms with van der Waals surface area (Å²) in [6.07, 6.45) is 0. The predicted molar refractivity (Wildman–Crippen MR) is 28.6 cm³/mol. The molecule has 0 saturated carbocycles. The second kappa shape index (κ2) is 1.97. The van der Waals surface area contributed by atoms with Crippen LogP contribution in [0.3, 0.4) is 0 Å². The van der Waals surface area contributed by atoms with Gasteiger partial charge in [-0.2, -0.15) is 4.39 Å². The van der Waals surface area contributed by atoms with Crippen molar-refractivity contribution < 1.29 is 8.78 Å². The molecule has 0 bridgehead atoms. The molecule has 0 radical (unpaired) electrons. The summed E-state index contributed by atoms with van der Waals surface area (Å²) in [6, 6.07) is 2.12. The van der Waals surface area contributed by atoms with Crippen molar-refractivity contribution in [2.75, 3.05) is 5.73 Å². The van der Waals surface area contributed by atoms with E-state index in [1.807, 2.05) is 0 Å². The topological polar surface area (TPSA) is 38.9 Å². The Morgan fingerprint density at radius 1 is 1.33 bits per heavy atom. The summed E-state index contributed by atoms with van der Waals surface area (Å²) in [5, 5.41) is 0. The molecule has 1 heterocycles. The average Bonchev–Trinajstić information content (AvgIpc) is 1.80. The maximum absolute atomic E-state index is 12.0. The molecule has 0 aliphatic heterocycles. The number of halogens is 2. The van der Waals surface area contributed by atoms with Gasteiger partial charge in [-0.15, -0.1) is 0 Å². The largest absolute Gasteiger partial charge is 0.384 e. The quantitative estimate of drug-likeness (QED) is 0.531. The first-order valence-electron chi connectivity index (χ1n) is 2.27. The maximum atomic E-state index is 12.0. The Kier molecular flexibility index (Phi) is 1.30. The van der Waals surface area contributed by atoms with Gasteiger partial charge in [-0.25, -0.2) is 9.37 Å². The van der Waals surface area contributed by atoms with Crippen LogP contribution >= 0.6 is 0 Å². The Morgan fingerprint density at radius 2 is 2.00 bits per heavy atom. The van der Waals surface area contributed by atoms with Gasteiger partial charge in [-0.3, -0.25) is 0 Å². The molecule has 0 unspecified atom stereocenters. The van der Waals surface area contributed by atoms with Gasteiger partial charge in [0.1, 0.15) is 5.82 Å². The Hall–Kier alpha value is -1.19. The van der Waals surface area contributed by atoms with Crippen molar-refractivity contribution in [1.82, 2.24) is 4.98 Å². The number of hydrogen-bond acceptors (Lipinski definition) is 2. The smallest absolute Gasteiger partial charge is 0.250 e. The van der Waals surface area contributed by atoms with Crippen molar-refractivity contribution in [3.63, 3.8) is 0 Å². The van der Waals surface area contributed by atoms with Crippen molar-refractivity contribution >= 4 is 5.82 Å². The van der Waals surface area contributed by atoms with Gasteiger partial charge in [-0.05, 0) is 12.1 Å². The van der Waals surface area contributed by atoms with E-state index in [2.05, 4.69) is 4.98 Å². The maximum Gasteiger partial charge on any atom is 0.250 e. The normalized spacial score (nSPS) is 9.56. The van der Waals surface area contributed by atoms with E-state index in [0.29, 0.717) is 0 Å². The Balaban J connectivity index is 3.17. The number of hydrogen-bond donors (Lipinski definition) is 1. The molecule has 0 amide bonds. The number of nitrogen functional groups attached to an aromatic ring is 1. The van der Waals surface area contributed by atoms with Gasteiger partial charge in [0, 0.05) is 0 Å². The number of aromatic nitrogens is 1. The average molecular weight is 130 g/mol. The highest BCUT2D eigenvalue weighted by molar-refractivity contribution is 5.26. The molecule has 0 aromatic carbocycles. The zero-order chi connectivity index (χ0) is 6.85. The molecule has 0 spiro atoms.